The number of aromatic nitrogens is 4. The first-order valence-electron chi connectivity index (χ1n) is 5.87. The highest BCUT2D eigenvalue weighted by Crippen LogP contribution is 2.11. The molecule has 0 aliphatic rings. The van der Waals surface area contributed by atoms with E-state index in [9.17, 15) is 4.79 Å². The molecule has 2 heterocycles. The molecule has 102 valence electrons. The molecule has 2 aromatic heterocycles. The summed E-state index contributed by atoms with van der Waals surface area (Å²) in [5.41, 5.74) is 0. The summed E-state index contributed by atoms with van der Waals surface area (Å²) < 4.78 is 8.74. The summed E-state index contributed by atoms with van der Waals surface area (Å²) in [5, 5.41) is 10.8. The van der Waals surface area contributed by atoms with Crippen molar-refractivity contribution >= 4 is 22.6 Å². The van der Waals surface area contributed by atoms with Crippen LogP contribution in [-0.2, 0) is 13.0 Å². The summed E-state index contributed by atoms with van der Waals surface area (Å²) in [6.45, 7) is 4.63. The fraction of sp³-hybridized carbons (Fsp3) is 0.500. The van der Waals surface area contributed by atoms with E-state index in [1.807, 2.05) is 13.8 Å². The molecule has 0 unspecified atom stereocenters. The number of amides is 2. The Labute approximate surface area is 114 Å². The molecule has 19 heavy (non-hydrogen) atoms. The number of rotatable bonds is 5. The quantitative estimate of drug-likeness (QED) is 0.893. The first-order chi connectivity index (χ1) is 9.22. The van der Waals surface area contributed by atoms with E-state index in [0.29, 0.717) is 29.7 Å². The maximum atomic E-state index is 12.0. The molecule has 0 spiro atoms. The van der Waals surface area contributed by atoms with Gasteiger partial charge in [0.05, 0.1) is 6.20 Å². The molecule has 0 aliphatic carbocycles. The van der Waals surface area contributed by atoms with E-state index in [1.165, 1.54) is 6.20 Å². The Bertz CT molecular complexity index is 526. The van der Waals surface area contributed by atoms with Gasteiger partial charge in [-0.25, -0.2) is 4.79 Å². The lowest BCUT2D eigenvalue weighted by molar-refractivity contribution is 0.203. The second kappa shape index (κ2) is 6.23. The van der Waals surface area contributed by atoms with E-state index < -0.39 is 0 Å². The molecule has 0 aromatic carbocycles. The highest BCUT2D eigenvalue weighted by Gasteiger charge is 2.16. The summed E-state index contributed by atoms with van der Waals surface area (Å²) in [6, 6.07) is -0.246. The monoisotopic (exact) mass is 282 g/mol. The average molecular weight is 282 g/mol. The summed E-state index contributed by atoms with van der Waals surface area (Å²) >= 11 is 1.12. The highest BCUT2D eigenvalue weighted by atomic mass is 32.1. The van der Waals surface area contributed by atoms with Crippen LogP contribution in [0.4, 0.5) is 9.80 Å². The molecule has 2 amide bonds. The number of hydrogen-bond acceptors (Lipinski definition) is 7. The van der Waals surface area contributed by atoms with Crippen molar-refractivity contribution in [1.29, 1.82) is 0 Å². The van der Waals surface area contributed by atoms with Gasteiger partial charge in [-0.1, -0.05) is 16.6 Å². The zero-order chi connectivity index (χ0) is 13.7. The molecule has 0 saturated heterocycles. The first-order valence-corrected chi connectivity index (χ1v) is 6.65. The predicted octanol–water partition coefficient (Wildman–Crippen LogP) is 1.54. The third-order valence-electron chi connectivity index (χ3n) is 2.41. The fourth-order valence-electron chi connectivity index (χ4n) is 1.40. The molecule has 2 rings (SSSR count). The van der Waals surface area contributed by atoms with Gasteiger partial charge in [0, 0.05) is 24.5 Å². The molecule has 0 radical (unpaired) electrons. The van der Waals surface area contributed by atoms with Crippen LogP contribution in [0.25, 0.3) is 0 Å². The van der Waals surface area contributed by atoms with Gasteiger partial charge in [-0.2, -0.15) is 4.98 Å². The summed E-state index contributed by atoms with van der Waals surface area (Å²) in [6.07, 6.45) is 2.20. The molecular formula is C10H14N6O2S. The Morgan fingerprint density at radius 3 is 2.95 bits per heavy atom. The lowest BCUT2D eigenvalue weighted by Crippen LogP contribution is -2.34. The van der Waals surface area contributed by atoms with Crippen LogP contribution in [0.15, 0.2) is 10.7 Å². The minimum atomic E-state index is -0.246. The minimum absolute atomic E-state index is 0.246. The molecule has 0 atom stereocenters. The van der Waals surface area contributed by atoms with Gasteiger partial charge >= 0.3 is 6.03 Å². The smallest absolute Gasteiger partial charge is 0.322 e. The number of urea groups is 1. The number of aryl methyl sites for hydroxylation is 1. The van der Waals surface area contributed by atoms with Crippen LogP contribution in [0.5, 0.6) is 0 Å². The van der Waals surface area contributed by atoms with Crippen molar-refractivity contribution in [3.8, 4) is 0 Å². The van der Waals surface area contributed by atoms with Crippen LogP contribution >= 0.6 is 11.5 Å². The lowest BCUT2D eigenvalue weighted by Gasteiger charge is -2.18. The molecule has 0 saturated carbocycles. The van der Waals surface area contributed by atoms with E-state index >= 15 is 0 Å². The normalized spacial score (nSPS) is 10.4. The van der Waals surface area contributed by atoms with Gasteiger partial charge in [0.25, 0.3) is 0 Å². The van der Waals surface area contributed by atoms with Crippen molar-refractivity contribution in [3.63, 3.8) is 0 Å². The summed E-state index contributed by atoms with van der Waals surface area (Å²) in [7, 11) is 0. The number of nitrogens with one attached hydrogen (secondary N) is 1. The summed E-state index contributed by atoms with van der Waals surface area (Å²) in [4.78, 5) is 17.7. The predicted molar refractivity (Wildman–Crippen MR) is 68.7 cm³/mol. The van der Waals surface area contributed by atoms with Crippen LogP contribution in [0, 0.1) is 0 Å². The Hall–Kier alpha value is -2.03. The van der Waals surface area contributed by atoms with Gasteiger partial charge < -0.3 is 9.42 Å². The van der Waals surface area contributed by atoms with Crippen LogP contribution < -0.4 is 5.32 Å². The summed E-state index contributed by atoms with van der Waals surface area (Å²) in [5.74, 6) is 1.06. The van der Waals surface area contributed by atoms with E-state index in [1.54, 1.807) is 4.90 Å². The number of hydrogen-bond donors (Lipinski definition) is 1. The molecule has 2 aromatic rings. The Balaban J connectivity index is 1.97. The topological polar surface area (TPSA) is 97.0 Å². The van der Waals surface area contributed by atoms with Crippen molar-refractivity contribution in [2.75, 3.05) is 11.9 Å². The van der Waals surface area contributed by atoms with Crippen molar-refractivity contribution in [2.45, 2.75) is 26.8 Å². The molecular weight excluding hydrogens is 268 g/mol. The molecule has 0 aliphatic heterocycles. The van der Waals surface area contributed by atoms with Crippen molar-refractivity contribution in [3.05, 3.63) is 17.9 Å². The van der Waals surface area contributed by atoms with Crippen molar-refractivity contribution < 1.29 is 9.32 Å². The van der Waals surface area contributed by atoms with Crippen LogP contribution in [-0.4, -0.2) is 37.2 Å². The third-order valence-corrected chi connectivity index (χ3v) is 2.99. The fourth-order valence-corrected chi connectivity index (χ4v) is 1.80. The maximum absolute atomic E-state index is 12.0. The van der Waals surface area contributed by atoms with Gasteiger partial charge in [0.1, 0.15) is 11.5 Å². The van der Waals surface area contributed by atoms with Gasteiger partial charge in [0.15, 0.2) is 5.82 Å². The molecule has 9 heteroatoms. The number of nitrogens with zero attached hydrogens (tertiary/aromatic N) is 5. The zero-order valence-corrected chi connectivity index (χ0v) is 11.5. The van der Waals surface area contributed by atoms with Gasteiger partial charge in [-0.05, 0) is 6.92 Å². The first kappa shape index (κ1) is 13.4. The largest absolute Gasteiger partial charge is 0.337 e. The van der Waals surface area contributed by atoms with E-state index in [-0.39, 0.29) is 12.6 Å². The Morgan fingerprint density at radius 2 is 2.37 bits per heavy atom. The minimum Gasteiger partial charge on any atom is -0.337 e. The molecule has 1 N–H and O–H groups in total. The van der Waals surface area contributed by atoms with Gasteiger partial charge in [-0.15, -0.1) is 5.10 Å². The molecule has 0 bridgehead atoms. The van der Waals surface area contributed by atoms with Crippen LogP contribution in [0.2, 0.25) is 0 Å². The van der Waals surface area contributed by atoms with E-state index in [4.69, 9.17) is 4.52 Å². The van der Waals surface area contributed by atoms with E-state index in [2.05, 4.69) is 25.0 Å². The van der Waals surface area contributed by atoms with Crippen LogP contribution in [0.1, 0.15) is 25.6 Å². The zero-order valence-electron chi connectivity index (χ0n) is 10.7. The lowest BCUT2D eigenvalue weighted by atomic mass is 10.4. The van der Waals surface area contributed by atoms with Crippen molar-refractivity contribution in [2.24, 2.45) is 0 Å². The van der Waals surface area contributed by atoms with E-state index in [0.717, 1.165) is 11.5 Å². The standard InChI is InChI=1S/C10H14N6O2S/c1-3-7-12-8(18-14-7)6-16(4-2)10(17)13-9-5-11-15-19-9/h5H,3-4,6H2,1-2H3,(H,13,17). The molecule has 0 fully saturated rings. The maximum Gasteiger partial charge on any atom is 0.322 e. The second-order valence-corrected chi connectivity index (χ2v) is 4.47. The number of anilines is 1. The second-order valence-electron chi connectivity index (χ2n) is 3.68. The Morgan fingerprint density at radius 1 is 1.53 bits per heavy atom. The Kier molecular flexibility index (Phi) is 4.39. The average Bonchev–Trinajstić information content (AvgIpc) is 3.06. The number of carbonyl (C=O) groups excluding carboxylic acids is 1. The highest BCUT2D eigenvalue weighted by molar-refractivity contribution is 7.10. The van der Waals surface area contributed by atoms with Gasteiger partial charge in [-0.3, -0.25) is 5.32 Å². The molecule has 8 nitrogen and oxygen atoms in total. The van der Waals surface area contributed by atoms with Crippen LogP contribution in [0.3, 0.4) is 0 Å². The number of carbonyl (C=O) groups is 1. The van der Waals surface area contributed by atoms with Crippen molar-refractivity contribution in [1.82, 2.24) is 24.6 Å². The SMILES string of the molecule is CCc1noc(CN(CC)C(=O)Nc2cnns2)n1. The third kappa shape index (κ3) is 3.47. The van der Waals surface area contributed by atoms with Gasteiger partial charge in [0.2, 0.25) is 5.89 Å².